The third-order valence-electron chi connectivity index (χ3n) is 3.99. The van der Waals surface area contributed by atoms with Crippen molar-refractivity contribution in [2.24, 2.45) is 0 Å². The molecule has 128 valence electrons. The number of aromatic nitrogens is 1. The lowest BCUT2D eigenvalue weighted by molar-refractivity contribution is -0.137. The van der Waals surface area contributed by atoms with Gasteiger partial charge in [0.25, 0.3) is 5.91 Å². The van der Waals surface area contributed by atoms with Crippen molar-refractivity contribution >= 4 is 5.91 Å². The number of benzene rings is 1. The Hall–Kier alpha value is -2.38. The van der Waals surface area contributed by atoms with E-state index >= 15 is 0 Å². The first-order valence-electron chi connectivity index (χ1n) is 7.47. The number of halogens is 4. The lowest BCUT2D eigenvalue weighted by Gasteiger charge is -2.11. The molecule has 1 heterocycles. The summed E-state index contributed by atoms with van der Waals surface area (Å²) in [6, 6.07) is 1.73. The summed E-state index contributed by atoms with van der Waals surface area (Å²) in [7, 11) is 0. The van der Waals surface area contributed by atoms with Crippen LogP contribution in [0.3, 0.4) is 0 Å². The quantitative estimate of drug-likeness (QED) is 0.867. The molecule has 1 aliphatic rings. The molecule has 1 aliphatic carbocycles. The fourth-order valence-corrected chi connectivity index (χ4v) is 2.72. The summed E-state index contributed by atoms with van der Waals surface area (Å²) in [6.45, 7) is -0.0205. The maximum absolute atomic E-state index is 13.7. The summed E-state index contributed by atoms with van der Waals surface area (Å²) in [5, 5.41) is 6.28. The molecule has 0 atom stereocenters. The van der Waals surface area contributed by atoms with Crippen molar-refractivity contribution < 1.29 is 26.9 Å². The van der Waals surface area contributed by atoms with E-state index in [9.17, 15) is 22.4 Å². The SMILES string of the molecule is O=C(NCc1noc2c1CCCC2)c1cc(C(F)(F)F)ccc1F. The van der Waals surface area contributed by atoms with E-state index in [0.717, 1.165) is 37.0 Å². The molecular weight excluding hydrogens is 328 g/mol. The van der Waals surface area contributed by atoms with Gasteiger partial charge in [-0.1, -0.05) is 5.16 Å². The van der Waals surface area contributed by atoms with Gasteiger partial charge in [0, 0.05) is 12.0 Å². The minimum Gasteiger partial charge on any atom is -0.361 e. The van der Waals surface area contributed by atoms with Crippen LogP contribution < -0.4 is 5.32 Å². The smallest absolute Gasteiger partial charge is 0.361 e. The topological polar surface area (TPSA) is 55.1 Å². The summed E-state index contributed by atoms with van der Waals surface area (Å²) < 4.78 is 56.9. The third kappa shape index (κ3) is 3.27. The van der Waals surface area contributed by atoms with Gasteiger partial charge in [0.1, 0.15) is 17.3 Å². The van der Waals surface area contributed by atoms with Gasteiger partial charge in [0.05, 0.1) is 17.7 Å². The van der Waals surface area contributed by atoms with Crippen LogP contribution in [0.15, 0.2) is 22.7 Å². The highest BCUT2D eigenvalue weighted by atomic mass is 19.4. The lowest BCUT2D eigenvalue weighted by Crippen LogP contribution is -2.25. The predicted octanol–water partition coefficient (Wildman–Crippen LogP) is 3.64. The average molecular weight is 342 g/mol. The number of hydrogen-bond acceptors (Lipinski definition) is 3. The molecule has 0 spiro atoms. The maximum atomic E-state index is 13.7. The van der Waals surface area contributed by atoms with Crippen LogP contribution in [0.2, 0.25) is 0 Å². The number of nitrogens with zero attached hydrogens (tertiary/aromatic N) is 1. The molecule has 8 heteroatoms. The zero-order valence-corrected chi connectivity index (χ0v) is 12.5. The van der Waals surface area contributed by atoms with E-state index in [0.29, 0.717) is 23.9 Å². The van der Waals surface area contributed by atoms with E-state index in [2.05, 4.69) is 10.5 Å². The van der Waals surface area contributed by atoms with E-state index in [-0.39, 0.29) is 6.54 Å². The fourth-order valence-electron chi connectivity index (χ4n) is 2.72. The lowest BCUT2D eigenvalue weighted by atomic mass is 9.96. The minimum absolute atomic E-state index is 0.0205. The van der Waals surface area contributed by atoms with E-state index in [1.807, 2.05) is 0 Å². The first-order chi connectivity index (χ1) is 11.4. The van der Waals surface area contributed by atoms with E-state index in [4.69, 9.17) is 4.52 Å². The van der Waals surface area contributed by atoms with Crippen LogP contribution in [0.1, 0.15) is 45.8 Å². The Morgan fingerprint density at radius 3 is 2.75 bits per heavy atom. The summed E-state index contributed by atoms with van der Waals surface area (Å²) in [5.41, 5.74) is -0.272. The van der Waals surface area contributed by atoms with Gasteiger partial charge in [-0.05, 0) is 37.5 Å². The van der Waals surface area contributed by atoms with Crippen molar-refractivity contribution in [3.8, 4) is 0 Å². The first kappa shape index (κ1) is 16.5. The predicted molar refractivity (Wildman–Crippen MR) is 75.7 cm³/mol. The van der Waals surface area contributed by atoms with Gasteiger partial charge in [-0.3, -0.25) is 4.79 Å². The van der Waals surface area contributed by atoms with Crippen molar-refractivity contribution in [1.29, 1.82) is 0 Å². The highest BCUT2D eigenvalue weighted by Gasteiger charge is 2.32. The normalized spacial score (nSPS) is 14.3. The number of nitrogens with one attached hydrogen (secondary N) is 1. The molecule has 0 fully saturated rings. The zero-order chi connectivity index (χ0) is 17.3. The van der Waals surface area contributed by atoms with Crippen LogP contribution in [-0.2, 0) is 25.6 Å². The molecular formula is C16H14F4N2O2. The summed E-state index contributed by atoms with van der Waals surface area (Å²) in [5.74, 6) is -1.16. The first-order valence-corrected chi connectivity index (χ1v) is 7.47. The number of amides is 1. The van der Waals surface area contributed by atoms with Crippen molar-refractivity contribution in [1.82, 2.24) is 10.5 Å². The fraction of sp³-hybridized carbons (Fsp3) is 0.375. The van der Waals surface area contributed by atoms with Gasteiger partial charge in [-0.2, -0.15) is 13.2 Å². The Labute approximate surface area is 134 Å². The molecule has 0 aliphatic heterocycles. The third-order valence-corrected chi connectivity index (χ3v) is 3.99. The Morgan fingerprint density at radius 1 is 1.25 bits per heavy atom. The van der Waals surface area contributed by atoms with Crippen molar-refractivity contribution in [2.45, 2.75) is 38.4 Å². The largest absolute Gasteiger partial charge is 0.416 e. The molecule has 0 unspecified atom stereocenters. The Morgan fingerprint density at radius 2 is 2.00 bits per heavy atom. The van der Waals surface area contributed by atoms with Gasteiger partial charge in [0.2, 0.25) is 0 Å². The summed E-state index contributed by atoms with van der Waals surface area (Å²) in [6.07, 6.45) is -1.10. The molecule has 1 N–H and O–H groups in total. The van der Waals surface area contributed by atoms with E-state index < -0.39 is 29.0 Å². The van der Waals surface area contributed by atoms with Gasteiger partial charge in [-0.25, -0.2) is 4.39 Å². The summed E-state index contributed by atoms with van der Waals surface area (Å²) in [4.78, 5) is 12.0. The van der Waals surface area contributed by atoms with Crippen LogP contribution in [-0.4, -0.2) is 11.1 Å². The number of hydrogen-bond donors (Lipinski definition) is 1. The van der Waals surface area contributed by atoms with E-state index in [1.54, 1.807) is 0 Å². The molecule has 0 saturated carbocycles. The Bertz CT molecular complexity index is 768. The molecule has 2 aromatic rings. The maximum Gasteiger partial charge on any atom is 0.416 e. The second kappa shape index (κ2) is 6.26. The number of aryl methyl sites for hydroxylation is 1. The number of alkyl halides is 3. The Balaban J connectivity index is 1.75. The van der Waals surface area contributed by atoms with Crippen molar-refractivity contribution in [3.05, 3.63) is 52.2 Å². The molecule has 1 aromatic heterocycles. The van der Waals surface area contributed by atoms with Crippen molar-refractivity contribution in [2.75, 3.05) is 0 Å². The second-order valence-electron chi connectivity index (χ2n) is 5.61. The Kier molecular flexibility index (Phi) is 4.29. The molecule has 24 heavy (non-hydrogen) atoms. The molecule has 1 amide bonds. The highest BCUT2D eigenvalue weighted by molar-refractivity contribution is 5.94. The minimum atomic E-state index is -4.64. The van der Waals surface area contributed by atoms with Crippen LogP contribution >= 0.6 is 0 Å². The molecule has 1 aromatic carbocycles. The number of carbonyl (C=O) groups excluding carboxylic acids is 1. The van der Waals surface area contributed by atoms with E-state index in [1.165, 1.54) is 0 Å². The van der Waals surface area contributed by atoms with Gasteiger partial charge < -0.3 is 9.84 Å². The van der Waals surface area contributed by atoms with Crippen LogP contribution in [0.25, 0.3) is 0 Å². The average Bonchev–Trinajstić information content (AvgIpc) is 2.95. The monoisotopic (exact) mass is 342 g/mol. The molecule has 0 saturated heterocycles. The number of carbonyl (C=O) groups is 1. The van der Waals surface area contributed by atoms with Crippen LogP contribution in [0.4, 0.5) is 17.6 Å². The van der Waals surface area contributed by atoms with Gasteiger partial charge in [0.15, 0.2) is 0 Å². The number of fused-ring (bicyclic) bond motifs is 1. The van der Waals surface area contributed by atoms with Crippen LogP contribution in [0, 0.1) is 5.82 Å². The van der Waals surface area contributed by atoms with Gasteiger partial charge in [-0.15, -0.1) is 0 Å². The van der Waals surface area contributed by atoms with Crippen molar-refractivity contribution in [3.63, 3.8) is 0 Å². The molecule has 0 radical (unpaired) electrons. The highest BCUT2D eigenvalue weighted by Crippen LogP contribution is 2.30. The summed E-state index contributed by atoms with van der Waals surface area (Å²) >= 11 is 0. The molecule has 0 bridgehead atoms. The standard InChI is InChI=1S/C16H14F4N2O2/c17-12-6-5-9(16(18,19)20)7-11(12)15(23)21-8-13-10-3-1-2-4-14(10)24-22-13/h5-7H,1-4,8H2,(H,21,23). The molecule has 4 nitrogen and oxygen atoms in total. The zero-order valence-electron chi connectivity index (χ0n) is 12.5. The van der Waals surface area contributed by atoms with Crippen LogP contribution in [0.5, 0.6) is 0 Å². The molecule has 3 rings (SSSR count). The number of rotatable bonds is 3. The van der Waals surface area contributed by atoms with Gasteiger partial charge >= 0.3 is 6.18 Å². The second-order valence-corrected chi connectivity index (χ2v) is 5.61.